The number of nitrogens with one attached hydrogen (secondary N) is 1. The van der Waals surface area contributed by atoms with E-state index in [2.05, 4.69) is 40.6 Å². The van der Waals surface area contributed by atoms with Gasteiger partial charge in [-0.05, 0) is 55.0 Å². The number of benzene rings is 2. The van der Waals surface area contributed by atoms with Gasteiger partial charge in [-0.1, -0.05) is 12.1 Å². The molecule has 3 aromatic rings. The summed E-state index contributed by atoms with van der Waals surface area (Å²) < 4.78 is 0. The SMILES string of the molecule is Cc1ccc2cc(CNc3ccc(C#N)cc3)ccc2n1. The van der Waals surface area contributed by atoms with Crippen LogP contribution in [0.2, 0.25) is 0 Å². The van der Waals surface area contributed by atoms with Crippen molar-refractivity contribution in [2.24, 2.45) is 0 Å². The Morgan fingerprint density at radius 1 is 1.05 bits per heavy atom. The van der Waals surface area contributed by atoms with Gasteiger partial charge in [0.25, 0.3) is 0 Å². The van der Waals surface area contributed by atoms with E-state index in [4.69, 9.17) is 5.26 Å². The largest absolute Gasteiger partial charge is 0.381 e. The van der Waals surface area contributed by atoms with Crippen LogP contribution >= 0.6 is 0 Å². The van der Waals surface area contributed by atoms with Gasteiger partial charge in [0.2, 0.25) is 0 Å². The molecular formula is C18H15N3. The van der Waals surface area contributed by atoms with E-state index in [1.54, 1.807) is 0 Å². The average molecular weight is 273 g/mol. The van der Waals surface area contributed by atoms with E-state index < -0.39 is 0 Å². The van der Waals surface area contributed by atoms with Crippen molar-refractivity contribution in [3.8, 4) is 6.07 Å². The minimum atomic E-state index is 0.674. The lowest BCUT2D eigenvalue weighted by Gasteiger charge is -2.08. The second kappa shape index (κ2) is 5.64. The smallest absolute Gasteiger partial charge is 0.0991 e. The third-order valence-corrected chi connectivity index (χ3v) is 3.40. The Bertz CT molecular complexity index is 814. The van der Waals surface area contributed by atoms with Gasteiger partial charge >= 0.3 is 0 Å². The number of pyridine rings is 1. The molecule has 0 aliphatic carbocycles. The molecule has 0 spiro atoms. The lowest BCUT2D eigenvalue weighted by Crippen LogP contribution is -1.99. The standard InChI is InChI=1S/C18H15N3/c1-13-2-6-16-10-15(5-9-18(16)21-13)12-20-17-7-3-14(11-19)4-8-17/h2-10,20H,12H2,1H3. The Morgan fingerprint density at radius 3 is 2.62 bits per heavy atom. The minimum Gasteiger partial charge on any atom is -0.381 e. The van der Waals surface area contributed by atoms with Crippen LogP contribution in [-0.4, -0.2) is 4.98 Å². The van der Waals surface area contributed by atoms with Crippen molar-refractivity contribution >= 4 is 16.6 Å². The van der Waals surface area contributed by atoms with Crippen LogP contribution in [0.15, 0.2) is 54.6 Å². The quantitative estimate of drug-likeness (QED) is 0.783. The van der Waals surface area contributed by atoms with Crippen LogP contribution in [0.3, 0.4) is 0 Å². The number of hydrogen-bond acceptors (Lipinski definition) is 3. The normalized spacial score (nSPS) is 10.3. The second-order valence-electron chi connectivity index (χ2n) is 5.02. The molecule has 1 N–H and O–H groups in total. The number of anilines is 1. The average Bonchev–Trinajstić information content (AvgIpc) is 2.53. The van der Waals surface area contributed by atoms with Gasteiger partial charge in [0.1, 0.15) is 0 Å². The molecular weight excluding hydrogens is 258 g/mol. The van der Waals surface area contributed by atoms with E-state index in [9.17, 15) is 0 Å². The molecule has 21 heavy (non-hydrogen) atoms. The summed E-state index contributed by atoms with van der Waals surface area (Å²) in [6, 6.07) is 20.0. The number of rotatable bonds is 3. The highest BCUT2D eigenvalue weighted by atomic mass is 14.9. The van der Waals surface area contributed by atoms with Crippen molar-refractivity contribution in [1.29, 1.82) is 5.26 Å². The van der Waals surface area contributed by atoms with Gasteiger partial charge in [-0.2, -0.15) is 5.26 Å². The summed E-state index contributed by atoms with van der Waals surface area (Å²) in [5, 5.41) is 13.3. The number of nitrogens with zero attached hydrogens (tertiary/aromatic N) is 2. The summed E-state index contributed by atoms with van der Waals surface area (Å²) in [5.74, 6) is 0. The maximum Gasteiger partial charge on any atom is 0.0991 e. The summed E-state index contributed by atoms with van der Waals surface area (Å²) in [7, 11) is 0. The van der Waals surface area contributed by atoms with Crippen LogP contribution in [0.4, 0.5) is 5.69 Å². The van der Waals surface area contributed by atoms with E-state index in [1.807, 2.05) is 37.3 Å². The Balaban J connectivity index is 1.75. The molecule has 3 nitrogen and oxygen atoms in total. The number of fused-ring (bicyclic) bond motifs is 1. The Hall–Kier alpha value is -2.86. The highest BCUT2D eigenvalue weighted by Crippen LogP contribution is 2.16. The summed E-state index contributed by atoms with van der Waals surface area (Å²) in [4.78, 5) is 4.50. The zero-order valence-corrected chi connectivity index (χ0v) is 11.8. The number of hydrogen-bond donors (Lipinski definition) is 1. The topological polar surface area (TPSA) is 48.7 Å². The molecule has 0 radical (unpaired) electrons. The van der Waals surface area contributed by atoms with E-state index in [0.717, 1.165) is 28.8 Å². The van der Waals surface area contributed by atoms with Gasteiger partial charge in [0, 0.05) is 23.3 Å². The first-order chi connectivity index (χ1) is 10.2. The lowest BCUT2D eigenvalue weighted by atomic mass is 10.1. The first-order valence-corrected chi connectivity index (χ1v) is 6.85. The van der Waals surface area contributed by atoms with Gasteiger partial charge in [0.15, 0.2) is 0 Å². The van der Waals surface area contributed by atoms with Crippen LogP contribution in [0.1, 0.15) is 16.8 Å². The van der Waals surface area contributed by atoms with Gasteiger partial charge in [-0.3, -0.25) is 4.98 Å². The molecule has 0 saturated heterocycles. The fraction of sp³-hybridized carbons (Fsp3) is 0.111. The molecule has 2 aromatic carbocycles. The van der Waals surface area contributed by atoms with Gasteiger partial charge < -0.3 is 5.32 Å². The van der Waals surface area contributed by atoms with Crippen molar-refractivity contribution in [2.75, 3.05) is 5.32 Å². The summed E-state index contributed by atoms with van der Waals surface area (Å²) in [6.07, 6.45) is 0. The summed E-state index contributed by atoms with van der Waals surface area (Å²) >= 11 is 0. The van der Waals surface area contributed by atoms with E-state index in [1.165, 1.54) is 5.56 Å². The van der Waals surface area contributed by atoms with Crippen LogP contribution in [0.25, 0.3) is 10.9 Å². The van der Waals surface area contributed by atoms with Gasteiger partial charge in [-0.25, -0.2) is 0 Å². The van der Waals surface area contributed by atoms with Gasteiger partial charge in [0.05, 0.1) is 17.1 Å². The molecule has 0 bridgehead atoms. The first kappa shape index (κ1) is 13.1. The zero-order valence-electron chi connectivity index (χ0n) is 11.8. The molecule has 0 fully saturated rings. The Morgan fingerprint density at radius 2 is 1.86 bits per heavy atom. The number of aromatic nitrogens is 1. The molecule has 0 aliphatic rings. The van der Waals surface area contributed by atoms with Gasteiger partial charge in [-0.15, -0.1) is 0 Å². The van der Waals surface area contributed by atoms with Crippen molar-refractivity contribution < 1.29 is 0 Å². The van der Waals surface area contributed by atoms with Crippen LogP contribution in [-0.2, 0) is 6.54 Å². The van der Waals surface area contributed by atoms with E-state index in [-0.39, 0.29) is 0 Å². The molecule has 0 aliphatic heterocycles. The predicted octanol–water partition coefficient (Wildman–Crippen LogP) is 4.03. The third kappa shape index (κ3) is 3.01. The van der Waals surface area contributed by atoms with Crippen molar-refractivity contribution in [3.05, 3.63) is 71.4 Å². The summed E-state index contributed by atoms with van der Waals surface area (Å²) in [6.45, 7) is 2.75. The monoisotopic (exact) mass is 273 g/mol. The molecule has 1 heterocycles. The molecule has 0 saturated carbocycles. The zero-order chi connectivity index (χ0) is 14.7. The van der Waals surface area contributed by atoms with Crippen LogP contribution in [0, 0.1) is 18.3 Å². The Kier molecular flexibility index (Phi) is 3.53. The lowest BCUT2D eigenvalue weighted by molar-refractivity contribution is 1.15. The van der Waals surface area contributed by atoms with Crippen LogP contribution < -0.4 is 5.32 Å². The predicted molar refractivity (Wildman–Crippen MR) is 85.0 cm³/mol. The molecule has 3 rings (SSSR count). The third-order valence-electron chi connectivity index (χ3n) is 3.40. The van der Waals surface area contributed by atoms with Crippen LogP contribution in [0.5, 0.6) is 0 Å². The number of aryl methyl sites for hydroxylation is 1. The van der Waals surface area contributed by atoms with Crippen molar-refractivity contribution in [1.82, 2.24) is 4.98 Å². The maximum absolute atomic E-state index is 8.78. The minimum absolute atomic E-state index is 0.674. The van der Waals surface area contributed by atoms with Crippen molar-refractivity contribution in [2.45, 2.75) is 13.5 Å². The highest BCUT2D eigenvalue weighted by molar-refractivity contribution is 5.79. The number of nitriles is 1. The Labute approximate surface area is 123 Å². The van der Waals surface area contributed by atoms with Crippen molar-refractivity contribution in [3.63, 3.8) is 0 Å². The highest BCUT2D eigenvalue weighted by Gasteiger charge is 1.99. The maximum atomic E-state index is 8.78. The molecule has 102 valence electrons. The van der Waals surface area contributed by atoms with E-state index >= 15 is 0 Å². The fourth-order valence-corrected chi connectivity index (χ4v) is 2.25. The fourth-order valence-electron chi connectivity index (χ4n) is 2.25. The molecule has 0 unspecified atom stereocenters. The summed E-state index contributed by atoms with van der Waals surface area (Å²) in [5.41, 5.74) is 4.95. The van der Waals surface area contributed by atoms with E-state index in [0.29, 0.717) is 5.56 Å². The molecule has 0 amide bonds. The molecule has 1 aromatic heterocycles. The first-order valence-electron chi connectivity index (χ1n) is 6.85. The molecule has 0 atom stereocenters. The molecule has 3 heteroatoms. The second-order valence-corrected chi connectivity index (χ2v) is 5.02.